The minimum atomic E-state index is -0.617. The number of thioether (sulfide) groups is 1. The van der Waals surface area contributed by atoms with E-state index in [4.69, 9.17) is 0 Å². The molecule has 0 aliphatic rings. The average Bonchev–Trinajstić information content (AvgIpc) is 2.71. The fraction of sp³-hybridized carbons (Fsp3) is 0.440. The van der Waals surface area contributed by atoms with Crippen LogP contribution >= 0.6 is 11.8 Å². The van der Waals surface area contributed by atoms with Crippen molar-refractivity contribution in [2.24, 2.45) is 0 Å². The summed E-state index contributed by atoms with van der Waals surface area (Å²) in [5.74, 6) is 0.393. The van der Waals surface area contributed by atoms with E-state index in [-0.39, 0.29) is 36.0 Å². The van der Waals surface area contributed by atoms with E-state index in [0.29, 0.717) is 0 Å². The molecule has 6 heteroatoms. The molecular formula is C25H33FN2O2S. The molecule has 2 rings (SSSR count). The molecule has 2 aromatic carbocycles. The molecule has 0 radical (unpaired) electrons. The maximum Gasteiger partial charge on any atom is 0.242 e. The van der Waals surface area contributed by atoms with Crippen molar-refractivity contribution >= 4 is 23.6 Å². The fourth-order valence-corrected chi connectivity index (χ4v) is 4.17. The molecule has 0 fully saturated rings. The summed E-state index contributed by atoms with van der Waals surface area (Å²) in [5.41, 5.74) is 4.38. The second-order valence-electron chi connectivity index (χ2n) is 8.13. The van der Waals surface area contributed by atoms with Crippen molar-refractivity contribution in [3.8, 4) is 0 Å². The highest BCUT2D eigenvalue weighted by molar-refractivity contribution is 7.99. The number of benzene rings is 2. The zero-order chi connectivity index (χ0) is 23.0. The van der Waals surface area contributed by atoms with E-state index in [2.05, 4.69) is 37.4 Å². The third-order valence-corrected chi connectivity index (χ3v) is 6.20. The largest absolute Gasteiger partial charge is 0.352 e. The first kappa shape index (κ1) is 24.9. The van der Waals surface area contributed by atoms with Crippen molar-refractivity contribution < 1.29 is 14.0 Å². The summed E-state index contributed by atoms with van der Waals surface area (Å²) >= 11 is 1.54. The standard InChI is InChI=1S/C25H33FN2O2S/c1-6-19(4)27-25(30)20(5)28(14-21-7-9-23(26)10-8-21)24(29)16-31-15-22-12-17(2)11-18(3)13-22/h7-13,19-20H,6,14-16H2,1-5H3,(H,27,30). The lowest BCUT2D eigenvalue weighted by Gasteiger charge is -2.29. The summed E-state index contributed by atoms with van der Waals surface area (Å²) in [7, 11) is 0. The van der Waals surface area contributed by atoms with Crippen LogP contribution in [0.3, 0.4) is 0 Å². The van der Waals surface area contributed by atoms with Crippen LogP contribution in [0.2, 0.25) is 0 Å². The van der Waals surface area contributed by atoms with Crippen LogP contribution in [0.1, 0.15) is 49.4 Å². The van der Waals surface area contributed by atoms with Crippen LogP contribution in [-0.2, 0) is 21.9 Å². The van der Waals surface area contributed by atoms with Gasteiger partial charge in [-0.1, -0.05) is 48.4 Å². The zero-order valence-electron chi connectivity index (χ0n) is 19.1. The number of rotatable bonds is 10. The van der Waals surface area contributed by atoms with Gasteiger partial charge in [0.25, 0.3) is 0 Å². The van der Waals surface area contributed by atoms with Crippen LogP contribution in [-0.4, -0.2) is 34.6 Å². The molecule has 2 unspecified atom stereocenters. The number of amides is 2. The average molecular weight is 445 g/mol. The van der Waals surface area contributed by atoms with Crippen LogP contribution in [0, 0.1) is 19.7 Å². The molecule has 31 heavy (non-hydrogen) atoms. The van der Waals surface area contributed by atoms with Gasteiger partial charge in [0.2, 0.25) is 11.8 Å². The first-order valence-electron chi connectivity index (χ1n) is 10.7. The van der Waals surface area contributed by atoms with E-state index in [0.717, 1.165) is 17.7 Å². The van der Waals surface area contributed by atoms with Crippen LogP contribution < -0.4 is 5.32 Å². The maximum atomic E-state index is 13.3. The van der Waals surface area contributed by atoms with Crippen molar-refractivity contribution in [3.63, 3.8) is 0 Å². The summed E-state index contributed by atoms with van der Waals surface area (Å²) in [6.45, 7) is 10.1. The number of aryl methyl sites for hydroxylation is 2. The Balaban J connectivity index is 2.08. The van der Waals surface area contributed by atoms with Gasteiger partial charge in [-0.2, -0.15) is 0 Å². The first-order chi connectivity index (χ1) is 14.7. The van der Waals surface area contributed by atoms with Crippen LogP contribution in [0.4, 0.5) is 4.39 Å². The van der Waals surface area contributed by atoms with E-state index < -0.39 is 6.04 Å². The molecule has 0 saturated carbocycles. The third kappa shape index (κ3) is 8.02. The van der Waals surface area contributed by atoms with Crippen molar-refractivity contribution in [1.82, 2.24) is 10.2 Å². The van der Waals surface area contributed by atoms with Gasteiger partial charge in [0.1, 0.15) is 11.9 Å². The van der Waals surface area contributed by atoms with E-state index >= 15 is 0 Å². The molecule has 0 aromatic heterocycles. The number of nitrogens with one attached hydrogen (secondary N) is 1. The number of hydrogen-bond donors (Lipinski definition) is 1. The van der Waals surface area contributed by atoms with Gasteiger partial charge in [-0.05, 0) is 57.4 Å². The van der Waals surface area contributed by atoms with Gasteiger partial charge in [-0.25, -0.2) is 4.39 Å². The van der Waals surface area contributed by atoms with Crippen LogP contribution in [0.15, 0.2) is 42.5 Å². The van der Waals surface area contributed by atoms with Gasteiger partial charge in [0, 0.05) is 18.3 Å². The Morgan fingerprint density at radius 3 is 2.23 bits per heavy atom. The highest BCUT2D eigenvalue weighted by atomic mass is 32.2. The van der Waals surface area contributed by atoms with E-state index in [9.17, 15) is 14.0 Å². The molecular weight excluding hydrogens is 411 g/mol. The normalized spacial score (nSPS) is 12.8. The summed E-state index contributed by atoms with van der Waals surface area (Å²) < 4.78 is 13.3. The molecule has 4 nitrogen and oxygen atoms in total. The number of nitrogens with zero attached hydrogens (tertiary/aromatic N) is 1. The number of halogens is 1. The lowest BCUT2D eigenvalue weighted by molar-refractivity contribution is -0.138. The van der Waals surface area contributed by atoms with E-state index in [1.54, 1.807) is 24.0 Å². The molecule has 2 amide bonds. The smallest absolute Gasteiger partial charge is 0.242 e. The topological polar surface area (TPSA) is 49.4 Å². The first-order valence-corrected chi connectivity index (χ1v) is 11.8. The van der Waals surface area contributed by atoms with Crippen molar-refractivity contribution in [2.45, 2.75) is 65.4 Å². The van der Waals surface area contributed by atoms with Gasteiger partial charge in [-0.3, -0.25) is 9.59 Å². The lowest BCUT2D eigenvalue weighted by Crippen LogP contribution is -2.50. The minimum Gasteiger partial charge on any atom is -0.352 e. The number of carbonyl (C=O) groups is 2. The number of carbonyl (C=O) groups excluding carboxylic acids is 2. The summed E-state index contributed by atoms with van der Waals surface area (Å²) in [5, 5.41) is 2.95. The Morgan fingerprint density at radius 2 is 1.65 bits per heavy atom. The Kier molecular flexibility index (Phi) is 9.56. The summed E-state index contributed by atoms with van der Waals surface area (Å²) in [4.78, 5) is 27.4. The molecule has 0 bridgehead atoms. The Labute approximate surface area is 189 Å². The van der Waals surface area contributed by atoms with Crippen LogP contribution in [0.5, 0.6) is 0 Å². The van der Waals surface area contributed by atoms with Crippen molar-refractivity contribution in [3.05, 3.63) is 70.5 Å². The fourth-order valence-electron chi connectivity index (χ4n) is 3.33. The SMILES string of the molecule is CCC(C)NC(=O)C(C)N(Cc1ccc(F)cc1)C(=O)CSCc1cc(C)cc(C)c1. The Bertz CT molecular complexity index is 865. The molecule has 2 aromatic rings. The molecule has 0 heterocycles. The molecule has 0 aliphatic carbocycles. The summed E-state index contributed by atoms with van der Waals surface area (Å²) in [6.07, 6.45) is 0.816. The van der Waals surface area contributed by atoms with Crippen LogP contribution in [0.25, 0.3) is 0 Å². The molecule has 168 valence electrons. The highest BCUT2D eigenvalue weighted by Crippen LogP contribution is 2.18. The van der Waals surface area contributed by atoms with E-state index in [1.165, 1.54) is 40.6 Å². The lowest BCUT2D eigenvalue weighted by atomic mass is 10.1. The zero-order valence-corrected chi connectivity index (χ0v) is 19.9. The van der Waals surface area contributed by atoms with Gasteiger partial charge in [-0.15, -0.1) is 11.8 Å². The molecule has 0 saturated heterocycles. The molecule has 1 N–H and O–H groups in total. The highest BCUT2D eigenvalue weighted by Gasteiger charge is 2.26. The Morgan fingerprint density at radius 1 is 1.03 bits per heavy atom. The maximum absolute atomic E-state index is 13.3. The quantitative estimate of drug-likeness (QED) is 0.561. The third-order valence-electron chi connectivity index (χ3n) is 5.21. The molecule has 2 atom stereocenters. The Hall–Kier alpha value is -2.34. The van der Waals surface area contributed by atoms with Gasteiger partial charge in [0.05, 0.1) is 5.75 Å². The van der Waals surface area contributed by atoms with Gasteiger partial charge in [0.15, 0.2) is 0 Å². The second kappa shape index (κ2) is 11.9. The number of hydrogen-bond acceptors (Lipinski definition) is 3. The summed E-state index contributed by atoms with van der Waals surface area (Å²) in [6, 6.07) is 11.8. The van der Waals surface area contributed by atoms with E-state index in [1.807, 2.05) is 13.8 Å². The second-order valence-corrected chi connectivity index (χ2v) is 9.12. The molecule has 0 aliphatic heterocycles. The minimum absolute atomic E-state index is 0.0386. The molecule has 0 spiro atoms. The van der Waals surface area contributed by atoms with Gasteiger partial charge < -0.3 is 10.2 Å². The predicted molar refractivity (Wildman–Crippen MR) is 126 cm³/mol. The predicted octanol–water partition coefficient (Wildman–Crippen LogP) is 5.01. The van der Waals surface area contributed by atoms with Gasteiger partial charge >= 0.3 is 0 Å². The monoisotopic (exact) mass is 444 g/mol. The van der Waals surface area contributed by atoms with Crippen molar-refractivity contribution in [1.29, 1.82) is 0 Å². The van der Waals surface area contributed by atoms with Crippen molar-refractivity contribution in [2.75, 3.05) is 5.75 Å².